The summed E-state index contributed by atoms with van der Waals surface area (Å²) in [5.41, 5.74) is 2.19. The van der Waals surface area contributed by atoms with E-state index in [1.165, 1.54) is 12.1 Å². The Labute approximate surface area is 206 Å². The number of hydrogen-bond acceptors (Lipinski definition) is 2. The molecule has 5 rings (SSSR count). The maximum Gasteiger partial charge on any atom is 0.246 e. The second-order valence-electron chi connectivity index (χ2n) is 9.75. The lowest BCUT2D eigenvalue weighted by atomic mass is 9.74. The molecular weight excluding hydrogens is 439 g/mol. The zero-order valence-corrected chi connectivity index (χ0v) is 19.8. The molecule has 0 spiro atoms. The first-order valence-corrected chi connectivity index (χ1v) is 12.5. The SMILES string of the molecule is O=C1CC(c2ccc(F)cc2)N1C1(C(=O)NC(Cc2ccccc2)c2ccccc2)CCCCC1. The number of carbonyl (C=O) groups is 2. The number of nitrogens with one attached hydrogen (secondary N) is 1. The van der Waals surface area contributed by atoms with Crippen LogP contribution in [0.4, 0.5) is 4.39 Å². The molecule has 1 aliphatic carbocycles. The summed E-state index contributed by atoms with van der Waals surface area (Å²) in [5, 5.41) is 3.35. The lowest BCUT2D eigenvalue weighted by molar-refractivity contribution is -0.168. The summed E-state index contributed by atoms with van der Waals surface area (Å²) >= 11 is 0. The van der Waals surface area contributed by atoms with Crippen molar-refractivity contribution in [2.24, 2.45) is 0 Å². The summed E-state index contributed by atoms with van der Waals surface area (Å²) < 4.78 is 13.5. The van der Waals surface area contributed by atoms with Crippen LogP contribution in [0.2, 0.25) is 0 Å². The number of β-lactam (4-membered cyclic amide) rings is 1. The van der Waals surface area contributed by atoms with E-state index in [4.69, 9.17) is 0 Å². The van der Waals surface area contributed by atoms with Crippen molar-refractivity contribution in [2.45, 2.75) is 62.6 Å². The lowest BCUT2D eigenvalue weighted by Gasteiger charge is -2.54. The van der Waals surface area contributed by atoms with Crippen LogP contribution in [0.5, 0.6) is 0 Å². The van der Waals surface area contributed by atoms with Crippen LogP contribution in [-0.2, 0) is 16.0 Å². The summed E-state index contributed by atoms with van der Waals surface area (Å²) in [7, 11) is 0. The molecule has 1 N–H and O–H groups in total. The van der Waals surface area contributed by atoms with Gasteiger partial charge in [0.15, 0.2) is 0 Å². The molecule has 2 unspecified atom stereocenters. The minimum atomic E-state index is -0.879. The quantitative estimate of drug-likeness (QED) is 0.437. The third kappa shape index (κ3) is 4.72. The highest BCUT2D eigenvalue weighted by molar-refractivity contribution is 5.95. The highest BCUT2D eigenvalue weighted by atomic mass is 19.1. The molecule has 5 heteroatoms. The number of likely N-dealkylation sites (tertiary alicyclic amines) is 1. The Hall–Kier alpha value is -3.47. The smallest absolute Gasteiger partial charge is 0.246 e. The normalized spacial score (nSPS) is 20.1. The van der Waals surface area contributed by atoms with Crippen LogP contribution >= 0.6 is 0 Å². The fourth-order valence-corrected chi connectivity index (χ4v) is 5.70. The van der Waals surface area contributed by atoms with E-state index in [9.17, 15) is 14.0 Å². The molecule has 0 bridgehead atoms. The number of nitrogens with zero attached hydrogens (tertiary/aromatic N) is 1. The summed E-state index contributed by atoms with van der Waals surface area (Å²) in [6.45, 7) is 0. The van der Waals surface area contributed by atoms with Gasteiger partial charge in [-0.3, -0.25) is 9.59 Å². The van der Waals surface area contributed by atoms with E-state index >= 15 is 0 Å². The van der Waals surface area contributed by atoms with E-state index < -0.39 is 5.54 Å². The van der Waals surface area contributed by atoms with Gasteiger partial charge in [0.2, 0.25) is 11.8 Å². The molecular formula is C30H31FN2O2. The highest BCUT2D eigenvalue weighted by Crippen LogP contribution is 2.46. The first-order valence-electron chi connectivity index (χ1n) is 12.5. The standard InChI is InChI=1S/C30H31FN2O2/c31-25-16-14-24(15-17-25)27-21-28(34)33(27)30(18-8-3-9-19-30)29(35)32-26(23-12-6-2-7-13-23)20-22-10-4-1-5-11-22/h1-2,4-7,10-17,26-27H,3,8-9,18-21H2,(H,32,35). The average Bonchev–Trinajstić information content (AvgIpc) is 2.89. The van der Waals surface area contributed by atoms with Crippen LogP contribution in [0.25, 0.3) is 0 Å². The van der Waals surface area contributed by atoms with Gasteiger partial charge in [0.1, 0.15) is 11.4 Å². The van der Waals surface area contributed by atoms with Gasteiger partial charge in [-0.15, -0.1) is 0 Å². The lowest BCUT2D eigenvalue weighted by Crippen LogP contribution is -2.67. The maximum absolute atomic E-state index is 14.1. The molecule has 1 saturated carbocycles. The number of amides is 2. The Morgan fingerprint density at radius 3 is 2.17 bits per heavy atom. The Bertz CT molecular complexity index is 1160. The predicted octanol–water partition coefficient (Wildman–Crippen LogP) is 5.90. The van der Waals surface area contributed by atoms with Crippen molar-refractivity contribution in [3.63, 3.8) is 0 Å². The molecule has 3 aromatic carbocycles. The van der Waals surface area contributed by atoms with Gasteiger partial charge < -0.3 is 10.2 Å². The Kier molecular flexibility index (Phi) is 6.67. The molecule has 180 valence electrons. The first-order chi connectivity index (χ1) is 17.1. The van der Waals surface area contributed by atoms with Gasteiger partial charge >= 0.3 is 0 Å². The van der Waals surface area contributed by atoms with E-state index in [1.807, 2.05) is 48.5 Å². The molecule has 35 heavy (non-hydrogen) atoms. The van der Waals surface area contributed by atoms with Crippen LogP contribution in [0.1, 0.15) is 67.3 Å². The Morgan fingerprint density at radius 2 is 1.54 bits per heavy atom. The van der Waals surface area contributed by atoms with E-state index in [0.29, 0.717) is 25.7 Å². The summed E-state index contributed by atoms with van der Waals surface area (Å²) in [5.74, 6) is -0.388. The molecule has 1 saturated heterocycles. The van der Waals surface area contributed by atoms with Crippen molar-refractivity contribution in [3.05, 3.63) is 107 Å². The molecule has 2 atom stereocenters. The summed E-state index contributed by atoms with van der Waals surface area (Å²) in [4.78, 5) is 29.0. The minimum absolute atomic E-state index is 0.00399. The number of carbonyl (C=O) groups excluding carboxylic acids is 2. The van der Waals surface area contributed by atoms with E-state index in [-0.39, 0.29) is 29.7 Å². The fourth-order valence-electron chi connectivity index (χ4n) is 5.70. The molecule has 2 fully saturated rings. The van der Waals surface area contributed by atoms with Gasteiger partial charge in [-0.25, -0.2) is 4.39 Å². The van der Waals surface area contributed by atoms with Crippen LogP contribution in [0, 0.1) is 5.82 Å². The second-order valence-corrected chi connectivity index (χ2v) is 9.75. The fraction of sp³-hybridized carbons (Fsp3) is 0.333. The van der Waals surface area contributed by atoms with Crippen LogP contribution in [0.15, 0.2) is 84.9 Å². The Morgan fingerprint density at radius 1 is 0.914 bits per heavy atom. The van der Waals surface area contributed by atoms with E-state index in [0.717, 1.165) is 36.0 Å². The average molecular weight is 471 g/mol. The monoisotopic (exact) mass is 470 g/mol. The van der Waals surface area contributed by atoms with Crippen LogP contribution < -0.4 is 5.32 Å². The molecule has 1 aliphatic heterocycles. The van der Waals surface area contributed by atoms with Crippen molar-refractivity contribution in [2.75, 3.05) is 0 Å². The van der Waals surface area contributed by atoms with Gasteiger partial charge in [-0.1, -0.05) is 92.1 Å². The molecule has 3 aromatic rings. The zero-order chi connectivity index (χ0) is 24.3. The topological polar surface area (TPSA) is 49.4 Å². The van der Waals surface area contributed by atoms with Crippen LogP contribution in [-0.4, -0.2) is 22.3 Å². The van der Waals surface area contributed by atoms with Crippen molar-refractivity contribution in [1.29, 1.82) is 0 Å². The molecule has 0 aromatic heterocycles. The number of hydrogen-bond donors (Lipinski definition) is 1. The van der Waals surface area contributed by atoms with Crippen molar-refractivity contribution in [3.8, 4) is 0 Å². The third-order valence-electron chi connectivity index (χ3n) is 7.56. The minimum Gasteiger partial charge on any atom is -0.347 e. The maximum atomic E-state index is 14.1. The molecule has 1 heterocycles. The van der Waals surface area contributed by atoms with Gasteiger partial charge in [-0.2, -0.15) is 0 Å². The van der Waals surface area contributed by atoms with Gasteiger partial charge in [-0.05, 0) is 48.1 Å². The van der Waals surface area contributed by atoms with Crippen molar-refractivity contribution < 1.29 is 14.0 Å². The summed E-state index contributed by atoms with van der Waals surface area (Å²) in [6, 6.07) is 26.1. The largest absolute Gasteiger partial charge is 0.347 e. The third-order valence-corrected chi connectivity index (χ3v) is 7.56. The highest BCUT2D eigenvalue weighted by Gasteiger charge is 2.55. The summed E-state index contributed by atoms with van der Waals surface area (Å²) in [6.07, 6.45) is 5.19. The van der Waals surface area contributed by atoms with E-state index in [2.05, 4.69) is 17.4 Å². The Balaban J connectivity index is 1.45. The second kappa shape index (κ2) is 10.0. The van der Waals surface area contributed by atoms with Crippen molar-refractivity contribution in [1.82, 2.24) is 10.2 Å². The van der Waals surface area contributed by atoms with Crippen LogP contribution in [0.3, 0.4) is 0 Å². The van der Waals surface area contributed by atoms with Gasteiger partial charge in [0.05, 0.1) is 18.5 Å². The molecule has 4 nitrogen and oxygen atoms in total. The number of halogens is 1. The molecule has 2 amide bonds. The van der Waals surface area contributed by atoms with Gasteiger partial charge in [0.25, 0.3) is 0 Å². The number of benzene rings is 3. The molecule has 0 radical (unpaired) electrons. The van der Waals surface area contributed by atoms with Gasteiger partial charge in [0, 0.05) is 0 Å². The number of rotatable bonds is 7. The van der Waals surface area contributed by atoms with Crippen molar-refractivity contribution >= 4 is 11.8 Å². The van der Waals surface area contributed by atoms with E-state index in [1.54, 1.807) is 17.0 Å². The molecule has 2 aliphatic rings. The predicted molar refractivity (Wildman–Crippen MR) is 134 cm³/mol. The first kappa shape index (κ1) is 23.3. The zero-order valence-electron chi connectivity index (χ0n) is 19.8.